The molecular weight excluding hydrogens is 334 g/mol. The zero-order chi connectivity index (χ0) is 18.2. The molecule has 0 saturated carbocycles. The van der Waals surface area contributed by atoms with Gasteiger partial charge in [-0.1, -0.05) is 19.9 Å². The van der Waals surface area contributed by atoms with Crippen molar-refractivity contribution < 1.29 is 4.79 Å². The molecule has 25 heavy (non-hydrogen) atoms. The number of thioether (sulfide) groups is 1. The molecule has 2 heterocycles. The largest absolute Gasteiger partial charge is 0.356 e. The highest BCUT2D eigenvalue weighted by molar-refractivity contribution is 8.00. The molecule has 0 spiro atoms. The number of carbonyl (C=O) groups is 1. The van der Waals surface area contributed by atoms with Gasteiger partial charge in [-0.2, -0.15) is 11.8 Å². The van der Waals surface area contributed by atoms with Gasteiger partial charge in [0.1, 0.15) is 5.82 Å². The van der Waals surface area contributed by atoms with Crippen LogP contribution in [-0.2, 0) is 4.79 Å². The Bertz CT molecular complexity index is 588. The average molecular weight is 364 g/mol. The Morgan fingerprint density at radius 1 is 1.48 bits per heavy atom. The third-order valence-corrected chi connectivity index (χ3v) is 5.70. The van der Waals surface area contributed by atoms with E-state index in [1.807, 2.05) is 30.8 Å². The fourth-order valence-electron chi connectivity index (χ4n) is 2.64. The lowest BCUT2D eigenvalue weighted by molar-refractivity contribution is -0.116. The quantitative estimate of drug-likeness (QED) is 0.621. The number of nitrogens with one attached hydrogen (secondary N) is 2. The van der Waals surface area contributed by atoms with Gasteiger partial charge in [0.25, 0.3) is 0 Å². The van der Waals surface area contributed by atoms with E-state index in [1.54, 1.807) is 13.2 Å². The number of guanidine groups is 1. The lowest BCUT2D eigenvalue weighted by Gasteiger charge is -2.36. The summed E-state index contributed by atoms with van der Waals surface area (Å²) in [7, 11) is 1.80. The van der Waals surface area contributed by atoms with E-state index in [-0.39, 0.29) is 5.91 Å². The molecule has 1 aromatic heterocycles. The van der Waals surface area contributed by atoms with E-state index in [0.29, 0.717) is 30.0 Å². The second-order valence-electron chi connectivity index (χ2n) is 6.59. The number of rotatable bonds is 5. The SMILES string of the molecule is CN=C(NCCC(=O)Nc1ccc(C)cn1)N1CCSC(C(C)C)C1. The minimum Gasteiger partial charge on any atom is -0.356 e. The van der Waals surface area contributed by atoms with E-state index in [4.69, 9.17) is 0 Å². The highest BCUT2D eigenvalue weighted by Gasteiger charge is 2.24. The molecule has 1 amide bonds. The predicted molar refractivity (Wildman–Crippen MR) is 106 cm³/mol. The molecule has 1 saturated heterocycles. The highest BCUT2D eigenvalue weighted by Crippen LogP contribution is 2.24. The molecule has 7 heteroatoms. The summed E-state index contributed by atoms with van der Waals surface area (Å²) < 4.78 is 0. The van der Waals surface area contributed by atoms with Crippen molar-refractivity contribution in [2.45, 2.75) is 32.4 Å². The van der Waals surface area contributed by atoms with Crippen LogP contribution in [0.4, 0.5) is 5.82 Å². The lowest BCUT2D eigenvalue weighted by atomic mass is 10.1. The van der Waals surface area contributed by atoms with Gasteiger partial charge in [0, 0.05) is 50.3 Å². The molecule has 1 aliphatic rings. The molecule has 0 radical (unpaired) electrons. The molecule has 0 bridgehead atoms. The van der Waals surface area contributed by atoms with Gasteiger partial charge < -0.3 is 15.5 Å². The molecule has 2 rings (SSSR count). The van der Waals surface area contributed by atoms with Crippen LogP contribution in [0.15, 0.2) is 23.3 Å². The maximum absolute atomic E-state index is 12.0. The molecule has 0 aliphatic carbocycles. The predicted octanol–water partition coefficient (Wildman–Crippen LogP) is 2.37. The molecule has 138 valence electrons. The average Bonchev–Trinajstić information content (AvgIpc) is 2.61. The summed E-state index contributed by atoms with van der Waals surface area (Å²) in [6.45, 7) is 9.05. The van der Waals surface area contributed by atoms with E-state index < -0.39 is 0 Å². The number of nitrogens with zero attached hydrogens (tertiary/aromatic N) is 3. The van der Waals surface area contributed by atoms with Gasteiger partial charge in [-0.05, 0) is 24.5 Å². The van der Waals surface area contributed by atoms with Crippen molar-refractivity contribution in [3.8, 4) is 0 Å². The Morgan fingerprint density at radius 2 is 2.28 bits per heavy atom. The van der Waals surface area contributed by atoms with Gasteiger partial charge >= 0.3 is 0 Å². The van der Waals surface area contributed by atoms with Gasteiger partial charge in [-0.3, -0.25) is 9.79 Å². The number of pyridine rings is 1. The summed E-state index contributed by atoms with van der Waals surface area (Å²) in [4.78, 5) is 22.9. The van der Waals surface area contributed by atoms with Gasteiger partial charge in [-0.25, -0.2) is 4.98 Å². The maximum atomic E-state index is 12.0. The number of aliphatic imine (C=N–C) groups is 1. The van der Waals surface area contributed by atoms with Crippen molar-refractivity contribution in [2.24, 2.45) is 10.9 Å². The Balaban J connectivity index is 1.77. The number of aryl methyl sites for hydroxylation is 1. The van der Waals surface area contributed by atoms with Crippen molar-refractivity contribution in [1.82, 2.24) is 15.2 Å². The van der Waals surface area contributed by atoms with Gasteiger partial charge in [0.15, 0.2) is 5.96 Å². The lowest BCUT2D eigenvalue weighted by Crippen LogP contribution is -2.49. The van der Waals surface area contributed by atoms with Crippen molar-refractivity contribution in [1.29, 1.82) is 0 Å². The summed E-state index contributed by atoms with van der Waals surface area (Å²) in [5.41, 5.74) is 1.07. The first-order valence-corrected chi connectivity index (χ1v) is 9.84. The van der Waals surface area contributed by atoms with E-state index in [9.17, 15) is 4.79 Å². The van der Waals surface area contributed by atoms with Crippen LogP contribution < -0.4 is 10.6 Å². The monoisotopic (exact) mass is 363 g/mol. The number of anilines is 1. The van der Waals surface area contributed by atoms with Crippen LogP contribution in [0, 0.1) is 12.8 Å². The Hall–Kier alpha value is -1.76. The van der Waals surface area contributed by atoms with E-state index in [1.165, 1.54) is 0 Å². The summed E-state index contributed by atoms with van der Waals surface area (Å²) in [5.74, 6) is 3.19. The minimum atomic E-state index is -0.0476. The molecule has 1 unspecified atom stereocenters. The second-order valence-corrected chi connectivity index (χ2v) is 7.94. The van der Waals surface area contributed by atoms with Crippen LogP contribution in [0.3, 0.4) is 0 Å². The van der Waals surface area contributed by atoms with Crippen LogP contribution in [-0.4, -0.2) is 59.4 Å². The summed E-state index contributed by atoms with van der Waals surface area (Å²) in [6, 6.07) is 3.75. The number of amides is 1. The van der Waals surface area contributed by atoms with Gasteiger partial charge in [0.05, 0.1) is 0 Å². The van der Waals surface area contributed by atoms with Crippen LogP contribution in [0.5, 0.6) is 0 Å². The smallest absolute Gasteiger partial charge is 0.227 e. The number of aromatic nitrogens is 1. The Morgan fingerprint density at radius 3 is 2.92 bits per heavy atom. The van der Waals surface area contributed by atoms with Crippen LogP contribution >= 0.6 is 11.8 Å². The Labute approximate surface area is 154 Å². The molecule has 0 aromatic carbocycles. The first-order valence-electron chi connectivity index (χ1n) is 8.79. The van der Waals surface area contributed by atoms with Gasteiger partial charge in [-0.15, -0.1) is 0 Å². The van der Waals surface area contributed by atoms with Gasteiger partial charge in [0.2, 0.25) is 5.91 Å². The maximum Gasteiger partial charge on any atom is 0.227 e. The van der Waals surface area contributed by atoms with E-state index >= 15 is 0 Å². The summed E-state index contributed by atoms with van der Waals surface area (Å²) in [5, 5.41) is 6.75. The van der Waals surface area contributed by atoms with E-state index in [0.717, 1.165) is 30.4 Å². The summed E-state index contributed by atoms with van der Waals surface area (Å²) in [6.07, 6.45) is 2.12. The first kappa shape index (κ1) is 19.6. The molecule has 1 aromatic rings. The highest BCUT2D eigenvalue weighted by atomic mass is 32.2. The van der Waals surface area contributed by atoms with Crippen LogP contribution in [0.1, 0.15) is 25.8 Å². The van der Waals surface area contributed by atoms with E-state index in [2.05, 4.69) is 39.4 Å². The molecule has 1 fully saturated rings. The second kappa shape index (κ2) is 9.65. The molecule has 1 aliphatic heterocycles. The van der Waals surface area contributed by atoms with Crippen molar-refractivity contribution in [2.75, 3.05) is 37.8 Å². The minimum absolute atomic E-state index is 0.0476. The number of hydrogen-bond donors (Lipinski definition) is 2. The first-order chi connectivity index (χ1) is 12.0. The molecule has 1 atom stereocenters. The third kappa shape index (κ3) is 6.23. The topological polar surface area (TPSA) is 69.6 Å². The molecule has 6 nitrogen and oxygen atoms in total. The van der Waals surface area contributed by atoms with Crippen molar-refractivity contribution in [3.05, 3.63) is 23.9 Å². The van der Waals surface area contributed by atoms with Crippen molar-refractivity contribution in [3.63, 3.8) is 0 Å². The molecule has 2 N–H and O–H groups in total. The zero-order valence-electron chi connectivity index (χ0n) is 15.6. The molecular formula is C18H29N5OS. The fourth-order valence-corrected chi connectivity index (χ4v) is 3.94. The third-order valence-electron chi connectivity index (χ3n) is 4.16. The summed E-state index contributed by atoms with van der Waals surface area (Å²) >= 11 is 2.04. The fraction of sp³-hybridized carbons (Fsp3) is 0.611. The number of hydrogen-bond acceptors (Lipinski definition) is 4. The zero-order valence-corrected chi connectivity index (χ0v) is 16.4. The van der Waals surface area contributed by atoms with Crippen LogP contribution in [0.25, 0.3) is 0 Å². The number of carbonyl (C=O) groups excluding carboxylic acids is 1. The Kier molecular flexibility index (Phi) is 7.55. The normalized spacial score (nSPS) is 18.4. The van der Waals surface area contributed by atoms with Crippen molar-refractivity contribution >= 4 is 29.4 Å². The standard InChI is InChI=1S/C18H29N5OS/c1-13(2)15-12-23(9-10-25-15)18(19-4)20-8-7-17(24)22-16-6-5-14(3)11-21-16/h5-6,11,13,15H,7-10,12H2,1-4H3,(H,19,20)(H,21,22,24). The van der Waals surface area contributed by atoms with Crippen LogP contribution in [0.2, 0.25) is 0 Å².